The average Bonchev–Trinajstić information content (AvgIpc) is 2.17. The van der Waals surface area contributed by atoms with Crippen molar-refractivity contribution in [2.75, 3.05) is 0 Å². The lowest BCUT2D eigenvalue weighted by Gasteiger charge is -1.94. The monoisotopic (exact) mass is 153 g/mol. The van der Waals surface area contributed by atoms with E-state index in [1.807, 2.05) is 6.07 Å². The zero-order chi connectivity index (χ0) is 8.39. The zero-order valence-corrected chi connectivity index (χ0v) is 6.28. The van der Waals surface area contributed by atoms with Crippen LogP contribution in [0.4, 0.5) is 0 Å². The fourth-order valence-electron chi connectivity index (χ4n) is 1.00. The minimum Gasteiger partial charge on any atom is -0.255 e. The lowest BCUT2D eigenvalue weighted by atomic mass is 10.2. The van der Waals surface area contributed by atoms with Gasteiger partial charge in [0.25, 0.3) is 0 Å². The first-order valence-electron chi connectivity index (χ1n) is 3.48. The van der Waals surface area contributed by atoms with Gasteiger partial charge in [0.15, 0.2) is 0 Å². The number of rotatable bonds is 0. The van der Waals surface area contributed by atoms with Crippen LogP contribution in [-0.4, -0.2) is 9.97 Å². The second-order valence-corrected chi connectivity index (χ2v) is 2.37. The van der Waals surface area contributed by atoms with Crippen LogP contribution < -0.4 is 0 Å². The molecule has 2 nitrogen and oxygen atoms in total. The van der Waals surface area contributed by atoms with Gasteiger partial charge in [-0.25, -0.2) is 0 Å². The normalized spacial score (nSPS) is 9.58. The number of hydrogen-bond donors (Lipinski definition) is 0. The van der Waals surface area contributed by atoms with Gasteiger partial charge in [0.05, 0.1) is 11.7 Å². The molecule has 0 aromatic carbocycles. The molecule has 0 unspecified atom stereocenters. The summed E-state index contributed by atoms with van der Waals surface area (Å²) in [5.41, 5.74) is 1.64. The number of pyridine rings is 2. The Kier molecular flexibility index (Phi) is 1.49. The quantitative estimate of drug-likeness (QED) is 0.535. The Bertz CT molecular complexity index is 455. The second kappa shape index (κ2) is 2.63. The highest BCUT2D eigenvalue weighted by atomic mass is 14.7. The van der Waals surface area contributed by atoms with Crippen molar-refractivity contribution in [1.29, 1.82) is 0 Å². The van der Waals surface area contributed by atoms with E-state index in [-0.39, 0.29) is 0 Å². The van der Waals surface area contributed by atoms with Crippen molar-refractivity contribution in [2.45, 2.75) is 0 Å². The van der Waals surface area contributed by atoms with Gasteiger partial charge in [-0.05, 0) is 12.1 Å². The van der Waals surface area contributed by atoms with Crippen LogP contribution in [0.2, 0.25) is 0 Å². The van der Waals surface area contributed by atoms with Crippen molar-refractivity contribution in [3.63, 3.8) is 0 Å². The van der Waals surface area contributed by atoms with Crippen LogP contribution in [0.25, 0.3) is 10.9 Å². The van der Waals surface area contributed by atoms with Gasteiger partial charge in [-0.1, -0.05) is 5.92 Å². The van der Waals surface area contributed by atoms with Crippen LogP contribution >= 0.6 is 0 Å². The van der Waals surface area contributed by atoms with Crippen molar-refractivity contribution in [3.05, 3.63) is 36.3 Å². The van der Waals surface area contributed by atoms with Gasteiger partial charge >= 0.3 is 0 Å². The third-order valence-corrected chi connectivity index (χ3v) is 1.60. The third kappa shape index (κ3) is 1.02. The summed E-state index contributed by atoms with van der Waals surface area (Å²) in [7, 11) is 0. The average molecular weight is 153 g/mol. The van der Waals surface area contributed by atoms with E-state index >= 15 is 0 Å². The Morgan fingerprint density at radius 3 is 3.17 bits per heavy atom. The van der Waals surface area contributed by atoms with Crippen LogP contribution in [0.5, 0.6) is 0 Å². The summed E-state index contributed by atoms with van der Waals surface area (Å²) in [4.78, 5) is 7.99. The lowest BCUT2D eigenvalue weighted by Crippen LogP contribution is -1.82. The smallest absolute Gasteiger partial charge is 0.0908 e. The summed E-state index contributed by atoms with van der Waals surface area (Å²) in [6.45, 7) is 0. The van der Waals surface area contributed by atoms with Gasteiger partial charge < -0.3 is 0 Å². The molecule has 0 aliphatic heterocycles. The van der Waals surface area contributed by atoms with E-state index in [2.05, 4.69) is 22.1 Å². The number of terminal acetylenes is 1. The molecular formula is C10H5N2. The standard InChI is InChI=1S/C10H5N2/c1-2-8-5-9-7-11-4-3-10(9)12-6-8/h1,3,5-7H. The van der Waals surface area contributed by atoms with Crippen molar-refractivity contribution in [1.82, 2.24) is 9.97 Å². The number of hydrogen-bond acceptors (Lipinski definition) is 2. The molecule has 2 heteroatoms. The summed E-state index contributed by atoms with van der Waals surface area (Å²) in [5, 5.41) is 0.948. The molecule has 0 amide bonds. The van der Waals surface area contributed by atoms with Crippen molar-refractivity contribution in [3.8, 4) is 12.3 Å². The first-order valence-corrected chi connectivity index (χ1v) is 3.48. The van der Waals surface area contributed by atoms with Crippen molar-refractivity contribution < 1.29 is 0 Å². The molecule has 2 aromatic heterocycles. The lowest BCUT2D eigenvalue weighted by molar-refractivity contribution is 1.31. The van der Waals surface area contributed by atoms with E-state index in [9.17, 15) is 0 Å². The van der Waals surface area contributed by atoms with E-state index < -0.39 is 0 Å². The van der Waals surface area contributed by atoms with E-state index in [0.29, 0.717) is 0 Å². The molecule has 2 rings (SSSR count). The largest absolute Gasteiger partial charge is 0.255 e. The molecule has 55 valence electrons. The fourth-order valence-corrected chi connectivity index (χ4v) is 1.00. The molecule has 0 saturated carbocycles. The summed E-state index contributed by atoms with van der Waals surface area (Å²) in [6.07, 6.45) is 11.3. The van der Waals surface area contributed by atoms with E-state index in [4.69, 9.17) is 6.42 Å². The molecule has 0 saturated heterocycles. The van der Waals surface area contributed by atoms with E-state index in [1.165, 1.54) is 0 Å². The maximum atomic E-state index is 5.22. The Balaban J connectivity index is 2.78. The molecule has 0 N–H and O–H groups in total. The van der Waals surface area contributed by atoms with Crippen molar-refractivity contribution >= 4 is 10.9 Å². The second-order valence-electron chi connectivity index (χ2n) is 2.37. The molecule has 0 fully saturated rings. The van der Waals surface area contributed by atoms with Crippen LogP contribution in [0, 0.1) is 18.5 Å². The van der Waals surface area contributed by atoms with E-state index in [0.717, 1.165) is 16.5 Å². The minimum absolute atomic E-state index is 0.774. The molecule has 0 bridgehead atoms. The Morgan fingerprint density at radius 1 is 1.42 bits per heavy atom. The highest BCUT2D eigenvalue weighted by Crippen LogP contribution is 2.09. The maximum Gasteiger partial charge on any atom is 0.0908 e. The Labute approximate surface area is 70.3 Å². The minimum atomic E-state index is 0.774. The highest BCUT2D eigenvalue weighted by Gasteiger charge is 1.93. The number of nitrogens with zero attached hydrogens (tertiary/aromatic N) is 2. The van der Waals surface area contributed by atoms with Crippen LogP contribution in [-0.2, 0) is 0 Å². The molecule has 1 radical (unpaired) electrons. The van der Waals surface area contributed by atoms with Gasteiger partial charge in [-0.15, -0.1) is 6.42 Å². The summed E-state index contributed by atoms with van der Waals surface area (Å²) >= 11 is 0. The molecule has 0 atom stereocenters. The molecule has 2 heterocycles. The first-order chi connectivity index (χ1) is 5.90. The Morgan fingerprint density at radius 2 is 2.33 bits per heavy atom. The predicted octanol–water partition coefficient (Wildman–Crippen LogP) is 1.41. The first kappa shape index (κ1) is 6.81. The van der Waals surface area contributed by atoms with Gasteiger partial charge in [-0.2, -0.15) is 0 Å². The highest BCUT2D eigenvalue weighted by molar-refractivity contribution is 5.78. The van der Waals surface area contributed by atoms with Gasteiger partial charge in [-0.3, -0.25) is 9.97 Å². The SMILES string of the molecule is C#Cc1cnc2c[c]ncc2c1. The Hall–Kier alpha value is -1.88. The summed E-state index contributed by atoms with van der Waals surface area (Å²) < 4.78 is 0. The third-order valence-electron chi connectivity index (χ3n) is 1.60. The molecule has 0 aliphatic carbocycles. The summed E-state index contributed by atoms with van der Waals surface area (Å²) in [6, 6.07) is 3.61. The molecule has 0 aliphatic rings. The van der Waals surface area contributed by atoms with Crippen LogP contribution in [0.1, 0.15) is 5.56 Å². The number of aromatic nitrogens is 2. The molecule has 0 spiro atoms. The van der Waals surface area contributed by atoms with E-state index in [1.54, 1.807) is 18.5 Å². The molecule has 12 heavy (non-hydrogen) atoms. The fraction of sp³-hybridized carbons (Fsp3) is 0. The number of fused-ring (bicyclic) bond motifs is 1. The molecular weight excluding hydrogens is 148 g/mol. The molecule has 2 aromatic rings. The van der Waals surface area contributed by atoms with Gasteiger partial charge in [0, 0.05) is 23.3 Å². The van der Waals surface area contributed by atoms with Gasteiger partial charge in [0.1, 0.15) is 0 Å². The van der Waals surface area contributed by atoms with Crippen molar-refractivity contribution in [2.24, 2.45) is 0 Å². The van der Waals surface area contributed by atoms with Crippen LogP contribution in [0.15, 0.2) is 24.5 Å². The maximum absolute atomic E-state index is 5.22. The van der Waals surface area contributed by atoms with Gasteiger partial charge in [0.2, 0.25) is 0 Å². The van der Waals surface area contributed by atoms with Crippen LogP contribution in [0.3, 0.4) is 0 Å². The predicted molar refractivity (Wildman–Crippen MR) is 46.3 cm³/mol. The summed E-state index contributed by atoms with van der Waals surface area (Å²) in [5.74, 6) is 2.52. The topological polar surface area (TPSA) is 25.8 Å². The zero-order valence-electron chi connectivity index (χ0n) is 6.28.